The molecular formula is C11H14O4. The molecular weight excluding hydrogens is 196 g/mol. The first-order valence-electron chi connectivity index (χ1n) is 4.64. The molecule has 4 nitrogen and oxygen atoms in total. The molecule has 0 spiro atoms. The molecule has 1 rings (SSSR count). The number of methoxy groups -OCH3 is 1. The number of aromatic hydroxyl groups is 1. The van der Waals surface area contributed by atoms with Crippen molar-refractivity contribution in [2.75, 3.05) is 13.7 Å². The minimum absolute atomic E-state index is 0.0946. The zero-order valence-electron chi connectivity index (χ0n) is 9.03. The average Bonchev–Trinajstić information content (AvgIpc) is 2.20. The van der Waals surface area contributed by atoms with Crippen molar-refractivity contribution in [3.05, 3.63) is 17.7 Å². The lowest BCUT2D eigenvalue weighted by Gasteiger charge is -2.11. The molecule has 82 valence electrons. The lowest BCUT2D eigenvalue weighted by molar-refractivity contribution is 0.101. The van der Waals surface area contributed by atoms with Crippen LogP contribution in [0.25, 0.3) is 0 Å². The normalized spacial score (nSPS) is 9.80. The molecule has 1 aromatic rings. The Morgan fingerprint density at radius 3 is 2.53 bits per heavy atom. The molecule has 0 atom stereocenters. The Kier molecular flexibility index (Phi) is 3.55. The first-order chi connectivity index (χ1) is 7.10. The van der Waals surface area contributed by atoms with Crippen molar-refractivity contribution < 1.29 is 19.4 Å². The van der Waals surface area contributed by atoms with E-state index < -0.39 is 0 Å². The van der Waals surface area contributed by atoms with Crippen LogP contribution in [-0.2, 0) is 0 Å². The molecule has 0 aromatic heterocycles. The Hall–Kier alpha value is -1.71. The van der Waals surface area contributed by atoms with E-state index in [1.165, 1.54) is 26.2 Å². The molecule has 0 saturated heterocycles. The van der Waals surface area contributed by atoms with Gasteiger partial charge in [-0.15, -0.1) is 0 Å². The number of benzene rings is 1. The number of ether oxygens (including phenoxy) is 2. The smallest absolute Gasteiger partial charge is 0.164 e. The second kappa shape index (κ2) is 4.68. The SMILES string of the molecule is CCOc1cc(C(C)=O)c(O)cc1OC. The largest absolute Gasteiger partial charge is 0.507 e. The van der Waals surface area contributed by atoms with Crippen LogP contribution in [0.1, 0.15) is 24.2 Å². The van der Waals surface area contributed by atoms with Gasteiger partial charge in [0.15, 0.2) is 17.3 Å². The third kappa shape index (κ3) is 2.40. The van der Waals surface area contributed by atoms with Gasteiger partial charge in [0, 0.05) is 6.07 Å². The molecule has 0 heterocycles. The number of rotatable bonds is 4. The van der Waals surface area contributed by atoms with E-state index in [1.54, 1.807) is 0 Å². The molecule has 1 aromatic carbocycles. The highest BCUT2D eigenvalue weighted by Crippen LogP contribution is 2.34. The zero-order chi connectivity index (χ0) is 11.4. The fraction of sp³-hybridized carbons (Fsp3) is 0.364. The number of hydrogen-bond donors (Lipinski definition) is 1. The summed E-state index contributed by atoms with van der Waals surface area (Å²) in [6.07, 6.45) is 0. The van der Waals surface area contributed by atoms with Crippen LogP contribution in [-0.4, -0.2) is 24.6 Å². The topological polar surface area (TPSA) is 55.8 Å². The molecule has 1 N–H and O–H groups in total. The predicted octanol–water partition coefficient (Wildman–Crippen LogP) is 2.00. The van der Waals surface area contributed by atoms with E-state index in [0.717, 1.165) is 0 Å². The molecule has 0 aliphatic carbocycles. The lowest BCUT2D eigenvalue weighted by Crippen LogP contribution is -1.99. The van der Waals surface area contributed by atoms with Gasteiger partial charge in [-0.3, -0.25) is 4.79 Å². The van der Waals surface area contributed by atoms with Gasteiger partial charge >= 0.3 is 0 Å². The van der Waals surface area contributed by atoms with Crippen LogP contribution in [0.4, 0.5) is 0 Å². The van der Waals surface area contributed by atoms with E-state index in [2.05, 4.69) is 0 Å². The minimum Gasteiger partial charge on any atom is -0.507 e. The van der Waals surface area contributed by atoms with Crippen molar-refractivity contribution >= 4 is 5.78 Å². The van der Waals surface area contributed by atoms with Gasteiger partial charge < -0.3 is 14.6 Å². The van der Waals surface area contributed by atoms with Crippen molar-refractivity contribution in [1.82, 2.24) is 0 Å². The maximum absolute atomic E-state index is 11.2. The van der Waals surface area contributed by atoms with Crippen molar-refractivity contribution in [3.8, 4) is 17.2 Å². The van der Waals surface area contributed by atoms with Gasteiger partial charge in [-0.2, -0.15) is 0 Å². The number of Topliss-reactive ketones (excluding diaryl/α,β-unsaturated/α-hetero) is 1. The summed E-state index contributed by atoms with van der Waals surface area (Å²) in [6.45, 7) is 3.69. The van der Waals surface area contributed by atoms with Crippen LogP contribution in [0, 0.1) is 0 Å². The third-order valence-electron chi connectivity index (χ3n) is 1.96. The third-order valence-corrected chi connectivity index (χ3v) is 1.96. The molecule has 0 radical (unpaired) electrons. The van der Waals surface area contributed by atoms with E-state index in [1.807, 2.05) is 6.92 Å². The summed E-state index contributed by atoms with van der Waals surface area (Å²) in [7, 11) is 1.48. The molecule has 0 unspecified atom stereocenters. The van der Waals surface area contributed by atoms with Crippen LogP contribution >= 0.6 is 0 Å². The first-order valence-corrected chi connectivity index (χ1v) is 4.64. The molecule has 0 fully saturated rings. The number of hydrogen-bond acceptors (Lipinski definition) is 4. The van der Waals surface area contributed by atoms with Crippen molar-refractivity contribution in [3.63, 3.8) is 0 Å². The van der Waals surface area contributed by atoms with Gasteiger partial charge in [-0.25, -0.2) is 0 Å². The van der Waals surface area contributed by atoms with E-state index in [9.17, 15) is 9.90 Å². The Labute approximate surface area is 88.4 Å². The average molecular weight is 210 g/mol. The summed E-state index contributed by atoms with van der Waals surface area (Å²) >= 11 is 0. The van der Waals surface area contributed by atoms with Gasteiger partial charge in [0.1, 0.15) is 5.75 Å². The van der Waals surface area contributed by atoms with Crippen molar-refractivity contribution in [2.45, 2.75) is 13.8 Å². The highest BCUT2D eigenvalue weighted by atomic mass is 16.5. The molecule has 0 aliphatic rings. The van der Waals surface area contributed by atoms with E-state index in [4.69, 9.17) is 9.47 Å². The van der Waals surface area contributed by atoms with E-state index >= 15 is 0 Å². The summed E-state index contributed by atoms with van der Waals surface area (Å²) in [6, 6.07) is 2.86. The molecule has 4 heteroatoms. The highest BCUT2D eigenvalue weighted by Gasteiger charge is 2.13. The standard InChI is InChI=1S/C11H14O4/c1-4-15-11-5-8(7(2)12)9(13)6-10(11)14-3/h5-6,13H,4H2,1-3H3. The Bertz CT molecular complexity index is 371. The second-order valence-corrected chi connectivity index (χ2v) is 3.01. The summed E-state index contributed by atoms with van der Waals surface area (Å²) in [5.74, 6) is 0.571. The maximum Gasteiger partial charge on any atom is 0.164 e. The minimum atomic E-state index is -0.212. The van der Waals surface area contributed by atoms with Crippen LogP contribution < -0.4 is 9.47 Å². The van der Waals surface area contributed by atoms with Gasteiger partial charge in [0.2, 0.25) is 0 Å². The van der Waals surface area contributed by atoms with Crippen molar-refractivity contribution in [1.29, 1.82) is 0 Å². The lowest BCUT2D eigenvalue weighted by atomic mass is 10.1. The summed E-state index contributed by atoms with van der Waals surface area (Å²) in [5, 5.41) is 9.53. The van der Waals surface area contributed by atoms with Crippen LogP contribution in [0.5, 0.6) is 17.2 Å². The second-order valence-electron chi connectivity index (χ2n) is 3.01. The Morgan fingerprint density at radius 1 is 1.40 bits per heavy atom. The molecule has 0 bridgehead atoms. The van der Waals surface area contributed by atoms with E-state index in [-0.39, 0.29) is 17.1 Å². The van der Waals surface area contributed by atoms with Crippen LogP contribution in [0.2, 0.25) is 0 Å². The van der Waals surface area contributed by atoms with Gasteiger partial charge in [-0.1, -0.05) is 0 Å². The monoisotopic (exact) mass is 210 g/mol. The van der Waals surface area contributed by atoms with Gasteiger partial charge in [0.05, 0.1) is 19.3 Å². The fourth-order valence-electron chi connectivity index (χ4n) is 1.26. The number of phenols is 1. The Balaban J connectivity index is 3.23. The summed E-state index contributed by atoms with van der Waals surface area (Å²) < 4.78 is 10.3. The number of ketones is 1. The van der Waals surface area contributed by atoms with Crippen molar-refractivity contribution in [2.24, 2.45) is 0 Å². The molecule has 0 amide bonds. The first kappa shape index (κ1) is 11.4. The number of carbonyl (C=O) groups is 1. The highest BCUT2D eigenvalue weighted by molar-refractivity contribution is 5.97. The molecule has 15 heavy (non-hydrogen) atoms. The van der Waals surface area contributed by atoms with Gasteiger partial charge in [0.25, 0.3) is 0 Å². The Morgan fingerprint density at radius 2 is 2.07 bits per heavy atom. The maximum atomic E-state index is 11.2. The number of phenolic OH excluding ortho intramolecular Hbond substituents is 1. The van der Waals surface area contributed by atoms with E-state index in [0.29, 0.717) is 18.1 Å². The molecule has 0 saturated carbocycles. The fourth-order valence-corrected chi connectivity index (χ4v) is 1.26. The van der Waals surface area contributed by atoms with Crippen LogP contribution in [0.3, 0.4) is 0 Å². The van der Waals surface area contributed by atoms with Crippen LogP contribution in [0.15, 0.2) is 12.1 Å². The zero-order valence-corrected chi connectivity index (χ0v) is 9.03. The number of carbonyl (C=O) groups excluding carboxylic acids is 1. The quantitative estimate of drug-likeness (QED) is 0.772. The summed E-state index contributed by atoms with van der Waals surface area (Å²) in [5.41, 5.74) is 0.235. The predicted molar refractivity (Wildman–Crippen MR) is 55.8 cm³/mol. The molecule has 0 aliphatic heterocycles. The summed E-state index contributed by atoms with van der Waals surface area (Å²) in [4.78, 5) is 11.2. The van der Waals surface area contributed by atoms with Gasteiger partial charge in [-0.05, 0) is 19.9 Å².